The van der Waals surface area contributed by atoms with Crippen molar-refractivity contribution in [3.05, 3.63) is 67.6 Å². The van der Waals surface area contributed by atoms with Crippen LogP contribution in [0.15, 0.2) is 51.3 Å². The van der Waals surface area contributed by atoms with Crippen molar-refractivity contribution in [1.82, 2.24) is 15.0 Å². The molecule has 32 heavy (non-hydrogen) atoms. The number of amides is 1. The van der Waals surface area contributed by atoms with Crippen LogP contribution in [-0.2, 0) is 4.79 Å². The van der Waals surface area contributed by atoms with Gasteiger partial charge in [0.15, 0.2) is 5.16 Å². The summed E-state index contributed by atoms with van der Waals surface area (Å²) in [7, 11) is 0. The van der Waals surface area contributed by atoms with E-state index in [0.29, 0.717) is 21.1 Å². The smallest absolute Gasteiger partial charge is 0.234 e. The molecule has 3 aromatic rings. The number of allylic oxidation sites excluding steroid dienone is 1. The summed E-state index contributed by atoms with van der Waals surface area (Å²) >= 11 is 12.8. The molecule has 1 aliphatic rings. The number of halogens is 1. The number of nitrogens with zero attached hydrogens (tertiary/aromatic N) is 3. The molecular weight excluding hydrogens is 500 g/mol. The fourth-order valence-electron chi connectivity index (χ4n) is 3.32. The van der Waals surface area contributed by atoms with E-state index in [1.807, 2.05) is 36.9 Å². The van der Waals surface area contributed by atoms with E-state index in [9.17, 15) is 4.79 Å². The molecule has 0 aliphatic carbocycles. The fraction of sp³-hybridized carbons (Fsp3) is 0.273. The Morgan fingerprint density at radius 2 is 2.06 bits per heavy atom. The zero-order chi connectivity index (χ0) is 22.7. The van der Waals surface area contributed by atoms with Crippen LogP contribution in [0.5, 0.6) is 0 Å². The quantitative estimate of drug-likeness (QED) is 0.272. The number of carbonyl (C=O) groups is 1. The van der Waals surface area contributed by atoms with Gasteiger partial charge in [0, 0.05) is 33.0 Å². The Morgan fingerprint density at radius 3 is 2.78 bits per heavy atom. The number of hydrogen-bond acceptors (Lipinski definition) is 8. The molecule has 4 rings (SSSR count). The average molecular weight is 521 g/mol. The summed E-state index contributed by atoms with van der Waals surface area (Å²) < 4.78 is 1.27. The van der Waals surface area contributed by atoms with Gasteiger partial charge in [0.1, 0.15) is 5.01 Å². The van der Waals surface area contributed by atoms with Crippen LogP contribution in [-0.4, -0.2) is 32.9 Å². The summed E-state index contributed by atoms with van der Waals surface area (Å²) in [6.07, 6.45) is 3.86. The molecule has 0 fully saturated rings. The summed E-state index contributed by atoms with van der Waals surface area (Å²) in [5.41, 5.74) is 3.80. The van der Waals surface area contributed by atoms with Crippen molar-refractivity contribution in [3.8, 4) is 0 Å². The SMILES string of the molecule is CSC1=C(c2ccnc(SCC(=O)Nc3ccccc3Cl)n2)C(C)C(c2nc(C)cs2)S1. The van der Waals surface area contributed by atoms with E-state index in [4.69, 9.17) is 21.6 Å². The van der Waals surface area contributed by atoms with Crippen molar-refractivity contribution in [2.45, 2.75) is 24.3 Å². The molecule has 2 aromatic heterocycles. The number of rotatable bonds is 7. The van der Waals surface area contributed by atoms with Gasteiger partial charge in [-0.25, -0.2) is 15.0 Å². The largest absolute Gasteiger partial charge is 0.324 e. The zero-order valence-electron chi connectivity index (χ0n) is 17.7. The number of hydrogen-bond donors (Lipinski definition) is 1. The van der Waals surface area contributed by atoms with Crippen molar-refractivity contribution >= 4 is 75.4 Å². The van der Waals surface area contributed by atoms with Crippen LogP contribution >= 0.6 is 58.2 Å². The Hall–Kier alpha value is -1.52. The van der Waals surface area contributed by atoms with Crippen LogP contribution in [0.2, 0.25) is 5.02 Å². The van der Waals surface area contributed by atoms with Gasteiger partial charge in [0.05, 0.1) is 27.4 Å². The van der Waals surface area contributed by atoms with Gasteiger partial charge in [-0.15, -0.1) is 34.9 Å². The number of thiazole rings is 1. The van der Waals surface area contributed by atoms with E-state index in [1.165, 1.54) is 21.6 Å². The first-order valence-electron chi connectivity index (χ1n) is 9.83. The van der Waals surface area contributed by atoms with Gasteiger partial charge in [-0.2, -0.15) is 0 Å². The summed E-state index contributed by atoms with van der Waals surface area (Å²) in [6, 6.07) is 9.13. The van der Waals surface area contributed by atoms with Crippen LogP contribution in [0.1, 0.15) is 28.6 Å². The summed E-state index contributed by atoms with van der Waals surface area (Å²) in [6.45, 7) is 4.27. The second kappa shape index (κ2) is 10.6. The standard InChI is InChI=1S/C22H21ClN4OS4/c1-12-10-30-20(25-12)19-13(2)18(21(29-3)32-19)16-8-9-24-22(27-16)31-11-17(28)26-15-7-5-4-6-14(15)23/h4-10,13,19H,11H2,1-3H3,(H,26,28). The lowest BCUT2D eigenvalue weighted by Crippen LogP contribution is -2.14. The van der Waals surface area contributed by atoms with Crippen molar-refractivity contribution in [2.75, 3.05) is 17.3 Å². The molecule has 1 aromatic carbocycles. The zero-order valence-corrected chi connectivity index (χ0v) is 21.7. The van der Waals surface area contributed by atoms with Gasteiger partial charge in [-0.05, 0) is 31.4 Å². The topological polar surface area (TPSA) is 67.8 Å². The predicted octanol–water partition coefficient (Wildman–Crippen LogP) is 6.78. The Kier molecular flexibility index (Phi) is 7.83. The number of benzene rings is 1. The molecule has 0 spiro atoms. The predicted molar refractivity (Wildman–Crippen MR) is 140 cm³/mol. The summed E-state index contributed by atoms with van der Waals surface area (Å²) in [5.74, 6) is 0.336. The fourth-order valence-corrected chi connectivity index (χ4v) is 7.67. The molecular formula is C22H21ClN4OS4. The van der Waals surface area contributed by atoms with Crippen molar-refractivity contribution < 1.29 is 4.79 Å². The minimum atomic E-state index is -0.148. The number of aryl methyl sites for hydroxylation is 1. The van der Waals surface area contributed by atoms with E-state index in [2.05, 4.69) is 28.9 Å². The highest BCUT2D eigenvalue weighted by atomic mass is 35.5. The molecule has 1 N–H and O–H groups in total. The second-order valence-electron chi connectivity index (χ2n) is 7.10. The normalized spacial score (nSPS) is 18.2. The highest BCUT2D eigenvalue weighted by Gasteiger charge is 2.36. The highest BCUT2D eigenvalue weighted by Crippen LogP contribution is 2.57. The van der Waals surface area contributed by atoms with Crippen LogP contribution < -0.4 is 5.32 Å². The Bertz CT molecular complexity index is 1170. The number of anilines is 1. The maximum atomic E-state index is 12.4. The van der Waals surface area contributed by atoms with Gasteiger partial charge in [-0.3, -0.25) is 4.79 Å². The first-order valence-corrected chi connectivity index (χ1v) is 14.2. The van der Waals surface area contributed by atoms with Gasteiger partial charge in [-0.1, -0.05) is 42.4 Å². The summed E-state index contributed by atoms with van der Waals surface area (Å²) in [4.78, 5) is 26.2. The second-order valence-corrected chi connectivity index (χ2v) is 11.6. The third-order valence-electron chi connectivity index (χ3n) is 4.82. The first-order chi connectivity index (χ1) is 15.5. The van der Waals surface area contributed by atoms with Crippen LogP contribution in [0.4, 0.5) is 5.69 Å². The number of thioether (sulfide) groups is 3. The molecule has 1 aliphatic heterocycles. The van der Waals surface area contributed by atoms with Gasteiger partial charge in [0.25, 0.3) is 0 Å². The molecule has 3 heterocycles. The Labute approximate surface area is 209 Å². The third-order valence-corrected chi connectivity index (χ3v) is 9.90. The number of para-hydroxylation sites is 1. The lowest BCUT2D eigenvalue weighted by Gasteiger charge is -2.15. The first kappa shape index (κ1) is 23.6. The molecule has 0 bridgehead atoms. The highest BCUT2D eigenvalue weighted by molar-refractivity contribution is 8.22. The van der Waals surface area contributed by atoms with E-state index in [1.54, 1.807) is 41.4 Å². The molecule has 0 saturated carbocycles. The van der Waals surface area contributed by atoms with Gasteiger partial charge >= 0.3 is 0 Å². The van der Waals surface area contributed by atoms with Crippen molar-refractivity contribution in [3.63, 3.8) is 0 Å². The molecule has 0 saturated heterocycles. The number of nitrogens with one attached hydrogen (secondary N) is 1. The van der Waals surface area contributed by atoms with Crippen LogP contribution in [0.3, 0.4) is 0 Å². The molecule has 2 unspecified atom stereocenters. The molecule has 10 heteroatoms. The van der Waals surface area contributed by atoms with Crippen LogP contribution in [0.25, 0.3) is 5.57 Å². The number of aromatic nitrogens is 3. The molecule has 0 radical (unpaired) electrons. The third kappa shape index (κ3) is 5.34. The minimum Gasteiger partial charge on any atom is -0.324 e. The summed E-state index contributed by atoms with van der Waals surface area (Å²) in [5, 5.41) is 7.47. The molecule has 5 nitrogen and oxygen atoms in total. The average Bonchev–Trinajstić information content (AvgIpc) is 3.36. The van der Waals surface area contributed by atoms with E-state index in [-0.39, 0.29) is 17.6 Å². The van der Waals surface area contributed by atoms with E-state index >= 15 is 0 Å². The van der Waals surface area contributed by atoms with Crippen LogP contribution in [0, 0.1) is 12.8 Å². The molecule has 166 valence electrons. The number of carbonyl (C=O) groups excluding carboxylic acids is 1. The maximum absolute atomic E-state index is 12.4. The van der Waals surface area contributed by atoms with Crippen molar-refractivity contribution in [1.29, 1.82) is 0 Å². The Balaban J connectivity index is 1.47. The van der Waals surface area contributed by atoms with Gasteiger partial charge < -0.3 is 5.32 Å². The minimum absolute atomic E-state index is 0.148. The van der Waals surface area contributed by atoms with Gasteiger partial charge in [0.2, 0.25) is 5.91 Å². The van der Waals surface area contributed by atoms with E-state index < -0.39 is 0 Å². The lowest BCUT2D eigenvalue weighted by atomic mass is 9.96. The molecule has 1 amide bonds. The molecule has 2 atom stereocenters. The van der Waals surface area contributed by atoms with E-state index in [0.717, 1.165) is 16.4 Å². The lowest BCUT2D eigenvalue weighted by molar-refractivity contribution is -0.113. The monoisotopic (exact) mass is 520 g/mol. The van der Waals surface area contributed by atoms with Crippen molar-refractivity contribution in [2.24, 2.45) is 5.92 Å². The Morgan fingerprint density at radius 1 is 1.25 bits per heavy atom. The maximum Gasteiger partial charge on any atom is 0.234 e.